The first-order chi connectivity index (χ1) is 8.58. The number of benzene rings is 1. The van der Waals surface area contributed by atoms with E-state index in [2.05, 4.69) is 43.9 Å². The minimum Gasteiger partial charge on any atom is -0.496 e. The third-order valence-electron chi connectivity index (χ3n) is 3.05. The van der Waals surface area contributed by atoms with Gasteiger partial charge in [-0.15, -0.1) is 0 Å². The summed E-state index contributed by atoms with van der Waals surface area (Å²) in [4.78, 5) is 2.29. The number of aryl methyl sites for hydroxylation is 1. The first-order valence-electron chi connectivity index (χ1n) is 6.33. The van der Waals surface area contributed by atoms with Gasteiger partial charge in [-0.25, -0.2) is 0 Å². The van der Waals surface area contributed by atoms with E-state index in [9.17, 15) is 0 Å². The molecule has 0 radical (unpaired) electrons. The number of hydrogen-bond acceptors (Lipinski definition) is 3. The Labute approximate surface area is 110 Å². The van der Waals surface area contributed by atoms with Crippen LogP contribution in [0.25, 0.3) is 0 Å². The number of methoxy groups -OCH3 is 1. The summed E-state index contributed by atoms with van der Waals surface area (Å²) >= 11 is 0. The highest BCUT2D eigenvalue weighted by Crippen LogP contribution is 2.22. The summed E-state index contributed by atoms with van der Waals surface area (Å²) < 4.78 is 5.39. The van der Waals surface area contributed by atoms with Crippen LogP contribution < -0.4 is 4.74 Å². The van der Waals surface area contributed by atoms with Crippen LogP contribution >= 0.6 is 0 Å². The lowest BCUT2D eigenvalue weighted by molar-refractivity contribution is 0.215. The molecule has 0 heterocycles. The normalized spacial score (nSPS) is 10.7. The summed E-state index contributed by atoms with van der Waals surface area (Å²) in [7, 11) is 1.70. The molecule has 0 atom stereocenters. The molecule has 0 saturated heterocycles. The average molecular weight is 246 g/mol. The van der Waals surface area contributed by atoms with Crippen molar-refractivity contribution < 1.29 is 4.74 Å². The molecule has 0 aliphatic carbocycles. The maximum absolute atomic E-state index is 8.71. The van der Waals surface area contributed by atoms with E-state index in [1.54, 1.807) is 7.11 Å². The quantitative estimate of drug-likeness (QED) is 0.773. The fourth-order valence-electron chi connectivity index (χ4n) is 1.96. The molecule has 1 rings (SSSR count). The molecule has 0 aliphatic heterocycles. The summed E-state index contributed by atoms with van der Waals surface area (Å²) in [6.45, 7) is 8.01. The molecule has 0 bridgehead atoms. The van der Waals surface area contributed by atoms with Gasteiger partial charge in [0.1, 0.15) is 5.75 Å². The minimum atomic E-state index is 0.420. The van der Waals surface area contributed by atoms with E-state index < -0.39 is 0 Å². The molecule has 0 fully saturated rings. The van der Waals surface area contributed by atoms with Gasteiger partial charge in [0.25, 0.3) is 0 Å². The van der Waals surface area contributed by atoms with Crippen LogP contribution in [0, 0.1) is 18.3 Å². The Bertz CT molecular complexity index is 421. The van der Waals surface area contributed by atoms with E-state index in [0.717, 1.165) is 18.8 Å². The molecule has 0 unspecified atom stereocenters. The van der Waals surface area contributed by atoms with Crippen LogP contribution in [-0.2, 0) is 6.54 Å². The van der Waals surface area contributed by atoms with Gasteiger partial charge in [0, 0.05) is 31.1 Å². The summed E-state index contributed by atoms with van der Waals surface area (Å²) in [5.74, 6) is 0.920. The van der Waals surface area contributed by atoms with Crippen molar-refractivity contribution >= 4 is 0 Å². The van der Waals surface area contributed by atoms with Crippen LogP contribution in [0.4, 0.5) is 0 Å². The predicted molar refractivity (Wildman–Crippen MR) is 73.5 cm³/mol. The van der Waals surface area contributed by atoms with Crippen LogP contribution in [0.1, 0.15) is 31.4 Å². The number of ether oxygens (including phenoxy) is 1. The van der Waals surface area contributed by atoms with Crippen molar-refractivity contribution in [2.24, 2.45) is 0 Å². The van der Waals surface area contributed by atoms with Gasteiger partial charge in [-0.3, -0.25) is 4.90 Å². The van der Waals surface area contributed by atoms with Gasteiger partial charge in [0.2, 0.25) is 0 Å². The second-order valence-corrected chi connectivity index (χ2v) is 4.79. The van der Waals surface area contributed by atoms with E-state index in [0.29, 0.717) is 12.5 Å². The van der Waals surface area contributed by atoms with Gasteiger partial charge in [0.15, 0.2) is 0 Å². The summed E-state index contributed by atoms with van der Waals surface area (Å²) in [6, 6.07) is 8.84. The number of rotatable bonds is 6. The molecular formula is C15H22N2O. The maximum atomic E-state index is 8.71. The molecule has 0 saturated carbocycles. The monoisotopic (exact) mass is 246 g/mol. The van der Waals surface area contributed by atoms with E-state index in [-0.39, 0.29) is 0 Å². The van der Waals surface area contributed by atoms with Crippen LogP contribution in [0.15, 0.2) is 18.2 Å². The topological polar surface area (TPSA) is 36.3 Å². The number of hydrogen-bond donors (Lipinski definition) is 0. The predicted octanol–water partition coefficient (Wildman–Crippen LogP) is 3.13. The van der Waals surface area contributed by atoms with Crippen LogP contribution in [0.3, 0.4) is 0 Å². The Morgan fingerprint density at radius 1 is 1.39 bits per heavy atom. The smallest absolute Gasteiger partial charge is 0.123 e. The van der Waals surface area contributed by atoms with Crippen molar-refractivity contribution in [2.45, 2.75) is 39.8 Å². The van der Waals surface area contributed by atoms with Gasteiger partial charge in [0.05, 0.1) is 13.2 Å². The summed E-state index contributed by atoms with van der Waals surface area (Å²) in [6.07, 6.45) is 0.562. The molecule has 18 heavy (non-hydrogen) atoms. The third kappa shape index (κ3) is 4.05. The Kier molecular flexibility index (Phi) is 5.67. The van der Waals surface area contributed by atoms with Crippen molar-refractivity contribution in [3.63, 3.8) is 0 Å². The molecule has 0 aliphatic rings. The largest absolute Gasteiger partial charge is 0.496 e. The van der Waals surface area contributed by atoms with Crippen molar-refractivity contribution in [3.05, 3.63) is 29.3 Å². The molecule has 1 aromatic carbocycles. The van der Waals surface area contributed by atoms with Gasteiger partial charge >= 0.3 is 0 Å². The van der Waals surface area contributed by atoms with Crippen molar-refractivity contribution in [1.82, 2.24) is 4.90 Å². The molecular weight excluding hydrogens is 224 g/mol. The van der Waals surface area contributed by atoms with Crippen LogP contribution in [-0.4, -0.2) is 24.6 Å². The van der Waals surface area contributed by atoms with Gasteiger partial charge < -0.3 is 4.74 Å². The van der Waals surface area contributed by atoms with Crippen LogP contribution in [0.5, 0.6) is 5.75 Å². The Morgan fingerprint density at radius 2 is 2.11 bits per heavy atom. The lowest BCUT2D eigenvalue weighted by Gasteiger charge is -2.26. The van der Waals surface area contributed by atoms with Crippen molar-refractivity contribution in [2.75, 3.05) is 13.7 Å². The molecule has 0 amide bonds. The number of nitrogens with zero attached hydrogens (tertiary/aromatic N) is 2. The van der Waals surface area contributed by atoms with Gasteiger partial charge in [-0.2, -0.15) is 5.26 Å². The highest BCUT2D eigenvalue weighted by atomic mass is 16.5. The molecule has 98 valence electrons. The van der Waals surface area contributed by atoms with E-state index >= 15 is 0 Å². The molecule has 0 spiro atoms. The van der Waals surface area contributed by atoms with Gasteiger partial charge in [-0.1, -0.05) is 17.7 Å². The van der Waals surface area contributed by atoms with E-state index in [1.807, 2.05) is 6.07 Å². The van der Waals surface area contributed by atoms with Crippen molar-refractivity contribution in [3.8, 4) is 11.8 Å². The lowest BCUT2D eigenvalue weighted by atomic mass is 10.1. The van der Waals surface area contributed by atoms with Crippen LogP contribution in [0.2, 0.25) is 0 Å². The second-order valence-electron chi connectivity index (χ2n) is 4.79. The lowest BCUT2D eigenvalue weighted by Crippen LogP contribution is -2.31. The minimum absolute atomic E-state index is 0.420. The summed E-state index contributed by atoms with van der Waals surface area (Å²) in [5.41, 5.74) is 2.42. The molecule has 0 aromatic heterocycles. The fraction of sp³-hybridized carbons (Fsp3) is 0.533. The maximum Gasteiger partial charge on any atom is 0.123 e. The Balaban J connectivity index is 2.85. The molecule has 0 N–H and O–H groups in total. The first-order valence-corrected chi connectivity index (χ1v) is 6.33. The zero-order chi connectivity index (χ0) is 13.5. The Morgan fingerprint density at radius 3 is 2.67 bits per heavy atom. The summed E-state index contributed by atoms with van der Waals surface area (Å²) in [5, 5.41) is 8.71. The standard InChI is InChI=1S/C15H22N2O/c1-12(2)17(9-5-8-16)11-14-10-13(3)6-7-15(14)18-4/h6-7,10,12H,5,9,11H2,1-4H3. The van der Waals surface area contributed by atoms with Crippen molar-refractivity contribution in [1.29, 1.82) is 5.26 Å². The first kappa shape index (κ1) is 14.5. The number of nitriles is 1. The molecule has 1 aromatic rings. The Hall–Kier alpha value is -1.53. The zero-order valence-electron chi connectivity index (χ0n) is 11.7. The van der Waals surface area contributed by atoms with E-state index in [4.69, 9.17) is 10.00 Å². The second kappa shape index (κ2) is 7.03. The van der Waals surface area contributed by atoms with Gasteiger partial charge in [-0.05, 0) is 26.8 Å². The highest BCUT2D eigenvalue weighted by molar-refractivity contribution is 5.36. The molecule has 3 heteroatoms. The average Bonchev–Trinajstić information content (AvgIpc) is 2.34. The zero-order valence-corrected chi connectivity index (χ0v) is 11.7. The highest BCUT2D eigenvalue weighted by Gasteiger charge is 2.12. The fourth-order valence-corrected chi connectivity index (χ4v) is 1.96. The molecule has 3 nitrogen and oxygen atoms in total. The SMILES string of the molecule is COc1ccc(C)cc1CN(CCC#N)C(C)C. The third-order valence-corrected chi connectivity index (χ3v) is 3.05. The van der Waals surface area contributed by atoms with E-state index in [1.165, 1.54) is 11.1 Å².